The Kier molecular flexibility index (Phi) is 3.26. The van der Waals surface area contributed by atoms with E-state index < -0.39 is 0 Å². The summed E-state index contributed by atoms with van der Waals surface area (Å²) in [7, 11) is 0. The van der Waals surface area contributed by atoms with E-state index in [1.165, 1.54) is 18.5 Å². The first-order valence-electron chi connectivity index (χ1n) is 8.33. The van der Waals surface area contributed by atoms with Gasteiger partial charge in [-0.1, -0.05) is 30.3 Å². The average molecular weight is 284 g/mol. The normalized spacial score (nSPS) is 30.4. The predicted molar refractivity (Wildman–Crippen MR) is 82.8 cm³/mol. The van der Waals surface area contributed by atoms with Crippen LogP contribution in [-0.4, -0.2) is 41.4 Å². The van der Waals surface area contributed by atoms with Crippen LogP contribution in [0.15, 0.2) is 30.3 Å². The Balaban J connectivity index is 1.47. The van der Waals surface area contributed by atoms with Crippen molar-refractivity contribution >= 4 is 5.91 Å². The van der Waals surface area contributed by atoms with E-state index in [1.54, 1.807) is 0 Å². The topological polar surface area (TPSA) is 23.6 Å². The van der Waals surface area contributed by atoms with Gasteiger partial charge in [0.25, 0.3) is 0 Å². The molecule has 0 spiro atoms. The second kappa shape index (κ2) is 5.13. The quantitative estimate of drug-likeness (QED) is 0.852. The van der Waals surface area contributed by atoms with Crippen molar-refractivity contribution in [3.63, 3.8) is 0 Å². The summed E-state index contributed by atoms with van der Waals surface area (Å²) in [6.07, 6.45) is 3.49. The Morgan fingerprint density at radius 1 is 1.14 bits per heavy atom. The van der Waals surface area contributed by atoms with E-state index in [9.17, 15) is 4.79 Å². The van der Waals surface area contributed by atoms with Gasteiger partial charge < -0.3 is 4.90 Å². The molecule has 3 nitrogen and oxygen atoms in total. The molecule has 2 saturated heterocycles. The first kappa shape index (κ1) is 13.3. The lowest BCUT2D eigenvalue weighted by atomic mass is 10.0. The molecule has 3 heteroatoms. The molecule has 0 radical (unpaired) electrons. The van der Waals surface area contributed by atoms with E-state index in [0.717, 1.165) is 25.9 Å². The van der Waals surface area contributed by atoms with Gasteiger partial charge in [0, 0.05) is 31.1 Å². The summed E-state index contributed by atoms with van der Waals surface area (Å²) in [6.45, 7) is 5.44. The third-order valence-electron chi connectivity index (χ3n) is 5.61. The van der Waals surface area contributed by atoms with Crippen LogP contribution in [-0.2, 0) is 4.79 Å². The lowest BCUT2D eigenvalue weighted by Gasteiger charge is -2.31. The highest BCUT2D eigenvalue weighted by Gasteiger charge is 2.46. The monoisotopic (exact) mass is 284 g/mol. The Hall–Kier alpha value is -1.35. The minimum absolute atomic E-state index is 0.365. The first-order chi connectivity index (χ1) is 10.2. The largest absolute Gasteiger partial charge is 0.341 e. The molecule has 1 aliphatic carbocycles. The Morgan fingerprint density at radius 2 is 1.90 bits per heavy atom. The van der Waals surface area contributed by atoms with E-state index in [-0.39, 0.29) is 0 Å². The second-order valence-corrected chi connectivity index (χ2v) is 6.96. The fourth-order valence-electron chi connectivity index (χ4n) is 4.17. The van der Waals surface area contributed by atoms with Gasteiger partial charge in [0.05, 0.1) is 0 Å². The van der Waals surface area contributed by atoms with Crippen LogP contribution in [0.25, 0.3) is 0 Å². The molecule has 2 aliphatic heterocycles. The molecule has 1 aromatic rings. The van der Waals surface area contributed by atoms with Gasteiger partial charge in [-0.2, -0.15) is 0 Å². The number of carbonyl (C=O) groups excluding carboxylic acids is 1. The maximum atomic E-state index is 12.3. The first-order valence-corrected chi connectivity index (χ1v) is 8.33. The van der Waals surface area contributed by atoms with Crippen LogP contribution < -0.4 is 0 Å². The highest BCUT2D eigenvalue weighted by Crippen LogP contribution is 2.39. The molecule has 0 bridgehead atoms. The van der Waals surface area contributed by atoms with Crippen molar-refractivity contribution in [1.29, 1.82) is 0 Å². The predicted octanol–water partition coefficient (Wildman–Crippen LogP) is 2.69. The van der Waals surface area contributed by atoms with Crippen molar-refractivity contribution < 1.29 is 4.79 Å². The lowest BCUT2D eigenvalue weighted by Crippen LogP contribution is -2.38. The highest BCUT2D eigenvalue weighted by atomic mass is 16.2. The molecule has 21 heavy (non-hydrogen) atoms. The average Bonchev–Trinajstić information content (AvgIpc) is 3.16. The van der Waals surface area contributed by atoms with Crippen LogP contribution in [0.4, 0.5) is 0 Å². The third kappa shape index (κ3) is 2.38. The third-order valence-corrected chi connectivity index (χ3v) is 5.61. The number of nitrogens with zero attached hydrogens (tertiary/aromatic N) is 2. The fourth-order valence-corrected chi connectivity index (χ4v) is 4.17. The molecule has 3 fully saturated rings. The molecule has 0 aromatic heterocycles. The molecule has 4 rings (SSSR count). The van der Waals surface area contributed by atoms with Gasteiger partial charge in [0.1, 0.15) is 0 Å². The zero-order valence-corrected chi connectivity index (χ0v) is 12.7. The van der Waals surface area contributed by atoms with Crippen LogP contribution >= 0.6 is 0 Å². The Labute approximate surface area is 126 Å². The molecular formula is C18H24N2O. The van der Waals surface area contributed by atoms with E-state index in [4.69, 9.17) is 0 Å². The highest BCUT2D eigenvalue weighted by molar-refractivity contribution is 5.81. The van der Waals surface area contributed by atoms with Crippen molar-refractivity contribution in [1.82, 2.24) is 9.80 Å². The van der Waals surface area contributed by atoms with Crippen molar-refractivity contribution in [3.8, 4) is 0 Å². The van der Waals surface area contributed by atoms with Crippen LogP contribution in [0, 0.1) is 11.8 Å². The van der Waals surface area contributed by atoms with E-state index in [0.29, 0.717) is 29.8 Å². The lowest BCUT2D eigenvalue weighted by molar-refractivity contribution is -0.131. The minimum atomic E-state index is 0.365. The van der Waals surface area contributed by atoms with Crippen LogP contribution in [0.3, 0.4) is 0 Å². The maximum Gasteiger partial charge on any atom is 0.225 e. The fraction of sp³-hybridized carbons (Fsp3) is 0.611. The molecule has 3 atom stereocenters. The number of amides is 1. The summed E-state index contributed by atoms with van der Waals surface area (Å²) in [5.74, 6) is 1.49. The number of hydrogen-bond acceptors (Lipinski definition) is 2. The van der Waals surface area contributed by atoms with Crippen LogP contribution in [0.1, 0.15) is 37.8 Å². The van der Waals surface area contributed by atoms with Crippen molar-refractivity contribution in [2.75, 3.05) is 19.6 Å². The number of carbonyl (C=O) groups is 1. The SMILES string of the molecule is CC(c1ccccc1)N1CCC2CN(C(=O)C3CC3)CC21. The summed E-state index contributed by atoms with van der Waals surface area (Å²) >= 11 is 0. The van der Waals surface area contributed by atoms with Gasteiger partial charge in [-0.15, -0.1) is 0 Å². The number of likely N-dealkylation sites (tertiary alicyclic amines) is 2. The molecule has 112 valence electrons. The van der Waals surface area contributed by atoms with Gasteiger partial charge in [-0.05, 0) is 44.2 Å². The number of rotatable bonds is 3. The van der Waals surface area contributed by atoms with E-state index in [2.05, 4.69) is 47.1 Å². The summed E-state index contributed by atoms with van der Waals surface area (Å²) in [5, 5.41) is 0. The van der Waals surface area contributed by atoms with Crippen molar-refractivity contribution in [2.45, 2.75) is 38.3 Å². The summed E-state index contributed by atoms with van der Waals surface area (Å²) in [6, 6.07) is 11.8. The maximum absolute atomic E-state index is 12.3. The van der Waals surface area contributed by atoms with Gasteiger partial charge in [0.15, 0.2) is 0 Å². The molecule has 2 heterocycles. The number of benzene rings is 1. The molecule has 1 aromatic carbocycles. The van der Waals surface area contributed by atoms with Gasteiger partial charge in [-0.3, -0.25) is 9.69 Å². The summed E-state index contributed by atoms with van der Waals surface area (Å²) < 4.78 is 0. The molecule has 3 unspecified atom stereocenters. The zero-order chi connectivity index (χ0) is 14.4. The number of hydrogen-bond donors (Lipinski definition) is 0. The molecule has 0 N–H and O–H groups in total. The number of fused-ring (bicyclic) bond motifs is 1. The summed E-state index contributed by atoms with van der Waals surface area (Å²) in [5.41, 5.74) is 1.39. The summed E-state index contributed by atoms with van der Waals surface area (Å²) in [4.78, 5) is 17.1. The molecule has 3 aliphatic rings. The smallest absolute Gasteiger partial charge is 0.225 e. The van der Waals surface area contributed by atoms with Gasteiger partial charge in [0.2, 0.25) is 5.91 Å². The molecule has 1 saturated carbocycles. The zero-order valence-electron chi connectivity index (χ0n) is 12.7. The van der Waals surface area contributed by atoms with Crippen molar-refractivity contribution in [3.05, 3.63) is 35.9 Å². The van der Waals surface area contributed by atoms with Gasteiger partial charge in [-0.25, -0.2) is 0 Å². The van der Waals surface area contributed by atoms with Crippen LogP contribution in [0.2, 0.25) is 0 Å². The van der Waals surface area contributed by atoms with E-state index >= 15 is 0 Å². The standard InChI is InChI=1S/C18H24N2O/c1-13(14-5-3-2-4-6-14)20-10-9-16-11-19(12-17(16)20)18(21)15-7-8-15/h2-6,13,15-17H,7-12H2,1H3. The van der Waals surface area contributed by atoms with Crippen molar-refractivity contribution in [2.24, 2.45) is 11.8 Å². The van der Waals surface area contributed by atoms with E-state index in [1.807, 2.05) is 0 Å². The molecule has 1 amide bonds. The van der Waals surface area contributed by atoms with Gasteiger partial charge >= 0.3 is 0 Å². The Morgan fingerprint density at radius 3 is 2.62 bits per heavy atom. The van der Waals surface area contributed by atoms with Crippen LogP contribution in [0.5, 0.6) is 0 Å². The Bertz CT molecular complexity index is 525. The minimum Gasteiger partial charge on any atom is -0.341 e. The molecular weight excluding hydrogens is 260 g/mol. The second-order valence-electron chi connectivity index (χ2n) is 6.96.